The number of amides is 2. The molecule has 1 aliphatic carbocycles. The molecule has 0 bridgehead atoms. The molecule has 2 heterocycles. The maximum Gasteiger partial charge on any atom is 0.263 e. The number of carbonyl (C=O) groups is 2. The predicted molar refractivity (Wildman–Crippen MR) is 92.0 cm³/mol. The van der Waals surface area contributed by atoms with Crippen molar-refractivity contribution in [2.45, 2.75) is 31.2 Å². The van der Waals surface area contributed by atoms with Gasteiger partial charge in [-0.25, -0.2) is 0 Å². The van der Waals surface area contributed by atoms with Crippen LogP contribution in [0.1, 0.15) is 33.6 Å². The zero-order valence-corrected chi connectivity index (χ0v) is 14.3. The minimum atomic E-state index is -0.321. The molecule has 0 spiro atoms. The number of nitrogens with one attached hydrogen (secondary N) is 1. The van der Waals surface area contributed by atoms with E-state index in [2.05, 4.69) is 35.4 Å². The Morgan fingerprint density at radius 3 is 2.75 bits per heavy atom. The zero-order valence-electron chi connectivity index (χ0n) is 13.5. The maximum absolute atomic E-state index is 12.9. The molecule has 124 valence electrons. The summed E-state index contributed by atoms with van der Waals surface area (Å²) in [6, 6.07) is 8.29. The van der Waals surface area contributed by atoms with Crippen LogP contribution in [0.4, 0.5) is 0 Å². The number of benzene rings is 1. The van der Waals surface area contributed by atoms with Gasteiger partial charge in [0.05, 0.1) is 23.2 Å². The fraction of sp³-hybridized carbons (Fsp3) is 0.389. The van der Waals surface area contributed by atoms with Gasteiger partial charge >= 0.3 is 0 Å². The number of aryl methyl sites for hydroxylation is 1. The minimum Gasteiger partial charge on any atom is -0.345 e. The van der Waals surface area contributed by atoms with E-state index in [4.69, 9.17) is 0 Å². The van der Waals surface area contributed by atoms with E-state index in [1.165, 1.54) is 16.9 Å². The van der Waals surface area contributed by atoms with Gasteiger partial charge in [0.2, 0.25) is 5.91 Å². The van der Waals surface area contributed by atoms with Crippen LogP contribution in [-0.2, 0) is 10.2 Å². The molecule has 2 aliphatic rings. The second kappa shape index (κ2) is 5.70. The van der Waals surface area contributed by atoms with Gasteiger partial charge in [-0.1, -0.05) is 29.8 Å². The summed E-state index contributed by atoms with van der Waals surface area (Å²) in [4.78, 5) is 31.3. The summed E-state index contributed by atoms with van der Waals surface area (Å²) in [5.74, 6) is 0.103. The van der Waals surface area contributed by atoms with Crippen molar-refractivity contribution in [1.82, 2.24) is 15.2 Å². The number of thiazole rings is 1. The number of rotatable bonds is 4. The molecule has 1 saturated heterocycles. The third kappa shape index (κ3) is 2.60. The maximum atomic E-state index is 12.9. The summed E-state index contributed by atoms with van der Waals surface area (Å²) in [5, 5.41) is 2.96. The molecule has 0 atom stereocenters. The summed E-state index contributed by atoms with van der Waals surface area (Å²) in [5.41, 5.74) is 3.64. The second-order valence-corrected chi connectivity index (χ2v) is 7.58. The second-order valence-electron chi connectivity index (χ2n) is 6.70. The molecule has 1 aliphatic heterocycles. The van der Waals surface area contributed by atoms with Crippen LogP contribution in [0.25, 0.3) is 0 Å². The van der Waals surface area contributed by atoms with Crippen LogP contribution in [0, 0.1) is 6.92 Å². The third-order valence-electron chi connectivity index (χ3n) is 4.89. The zero-order chi connectivity index (χ0) is 16.7. The Kier molecular flexibility index (Phi) is 3.64. The molecule has 2 fully saturated rings. The highest BCUT2D eigenvalue weighted by Gasteiger charge is 2.54. The van der Waals surface area contributed by atoms with Crippen molar-refractivity contribution in [2.75, 3.05) is 13.1 Å². The number of nitrogens with zero attached hydrogens (tertiary/aromatic N) is 2. The van der Waals surface area contributed by atoms with Crippen molar-refractivity contribution in [3.8, 4) is 0 Å². The molecule has 1 aromatic heterocycles. The molecular weight excluding hydrogens is 322 g/mol. The Hall–Kier alpha value is -2.21. The topological polar surface area (TPSA) is 62.3 Å². The van der Waals surface area contributed by atoms with E-state index in [9.17, 15) is 9.59 Å². The van der Waals surface area contributed by atoms with Crippen molar-refractivity contribution in [1.29, 1.82) is 0 Å². The molecule has 6 heteroatoms. The number of likely N-dealkylation sites (tertiary alicyclic amines) is 1. The third-order valence-corrected chi connectivity index (χ3v) is 5.66. The Labute approximate surface area is 144 Å². The first-order valence-corrected chi connectivity index (χ1v) is 9.02. The molecule has 1 aromatic carbocycles. The van der Waals surface area contributed by atoms with E-state index < -0.39 is 0 Å². The molecule has 1 saturated carbocycles. The van der Waals surface area contributed by atoms with Gasteiger partial charge in [-0.05, 0) is 25.3 Å². The van der Waals surface area contributed by atoms with Gasteiger partial charge < -0.3 is 10.2 Å². The Bertz CT molecular complexity index is 777. The van der Waals surface area contributed by atoms with Crippen molar-refractivity contribution >= 4 is 23.2 Å². The SMILES string of the molecule is Cc1cccc(C2(C(=O)N3CC(NC(=O)c4cncs4)C3)CC2)c1. The van der Waals surface area contributed by atoms with Gasteiger partial charge in [-0.3, -0.25) is 14.6 Å². The summed E-state index contributed by atoms with van der Waals surface area (Å²) < 4.78 is 0. The molecule has 2 amide bonds. The normalized spacial score (nSPS) is 18.8. The van der Waals surface area contributed by atoms with E-state index in [1.54, 1.807) is 11.7 Å². The van der Waals surface area contributed by atoms with E-state index in [0.29, 0.717) is 18.0 Å². The predicted octanol–water partition coefficient (Wildman–Crippen LogP) is 2.12. The average Bonchev–Trinajstić information content (AvgIpc) is 3.16. The standard InChI is InChI=1S/C18H19N3O2S/c1-12-3-2-4-13(7-12)18(5-6-18)17(23)21-9-14(10-21)20-16(22)15-8-19-11-24-15/h2-4,7-8,11,14H,5-6,9-10H2,1H3,(H,20,22). The van der Waals surface area contributed by atoms with Crippen LogP contribution >= 0.6 is 11.3 Å². The van der Waals surface area contributed by atoms with E-state index >= 15 is 0 Å². The number of hydrogen-bond donors (Lipinski definition) is 1. The van der Waals surface area contributed by atoms with Crippen LogP contribution in [0.3, 0.4) is 0 Å². The van der Waals surface area contributed by atoms with Gasteiger partial charge in [-0.2, -0.15) is 0 Å². The lowest BCUT2D eigenvalue weighted by Gasteiger charge is -2.41. The number of aromatic nitrogens is 1. The van der Waals surface area contributed by atoms with E-state index in [1.807, 2.05) is 11.0 Å². The van der Waals surface area contributed by atoms with Crippen LogP contribution in [0.5, 0.6) is 0 Å². The monoisotopic (exact) mass is 341 g/mol. The van der Waals surface area contributed by atoms with Gasteiger partial charge in [0.25, 0.3) is 5.91 Å². The molecule has 0 radical (unpaired) electrons. The highest BCUT2D eigenvalue weighted by molar-refractivity contribution is 7.11. The molecule has 5 nitrogen and oxygen atoms in total. The van der Waals surface area contributed by atoms with E-state index in [0.717, 1.165) is 18.4 Å². The average molecular weight is 341 g/mol. The fourth-order valence-corrected chi connectivity index (χ4v) is 3.84. The Balaban J connectivity index is 1.37. The van der Waals surface area contributed by atoms with Crippen molar-refractivity contribution < 1.29 is 9.59 Å². The largest absolute Gasteiger partial charge is 0.345 e. The van der Waals surface area contributed by atoms with Crippen LogP contribution < -0.4 is 5.32 Å². The number of carbonyl (C=O) groups excluding carboxylic acids is 2. The molecule has 24 heavy (non-hydrogen) atoms. The van der Waals surface area contributed by atoms with Gasteiger partial charge in [0.1, 0.15) is 4.88 Å². The van der Waals surface area contributed by atoms with Gasteiger partial charge in [-0.15, -0.1) is 11.3 Å². The minimum absolute atomic E-state index is 0.0388. The molecular formula is C18H19N3O2S. The fourth-order valence-electron chi connectivity index (χ4n) is 3.32. The Morgan fingerprint density at radius 1 is 1.33 bits per heavy atom. The van der Waals surface area contributed by atoms with Crippen LogP contribution in [-0.4, -0.2) is 40.8 Å². The molecule has 2 aromatic rings. The summed E-state index contributed by atoms with van der Waals surface area (Å²) >= 11 is 1.32. The smallest absolute Gasteiger partial charge is 0.263 e. The molecule has 1 N–H and O–H groups in total. The quantitative estimate of drug-likeness (QED) is 0.927. The first-order chi connectivity index (χ1) is 11.6. The molecule has 0 unspecified atom stereocenters. The number of hydrogen-bond acceptors (Lipinski definition) is 4. The Morgan fingerprint density at radius 2 is 2.12 bits per heavy atom. The summed E-state index contributed by atoms with van der Waals surface area (Å²) in [6.07, 6.45) is 3.41. The first-order valence-electron chi connectivity index (χ1n) is 8.14. The first kappa shape index (κ1) is 15.3. The van der Waals surface area contributed by atoms with Gasteiger partial charge in [0, 0.05) is 13.1 Å². The summed E-state index contributed by atoms with van der Waals surface area (Å²) in [6.45, 7) is 3.24. The van der Waals surface area contributed by atoms with Gasteiger partial charge in [0.15, 0.2) is 0 Å². The van der Waals surface area contributed by atoms with Crippen LogP contribution in [0.15, 0.2) is 36.0 Å². The highest BCUT2D eigenvalue weighted by atomic mass is 32.1. The van der Waals surface area contributed by atoms with Crippen molar-refractivity contribution in [3.63, 3.8) is 0 Å². The summed E-state index contributed by atoms with van der Waals surface area (Å²) in [7, 11) is 0. The van der Waals surface area contributed by atoms with Crippen LogP contribution in [0.2, 0.25) is 0 Å². The lowest BCUT2D eigenvalue weighted by atomic mass is 9.91. The lowest BCUT2D eigenvalue weighted by molar-refractivity contribution is -0.138. The molecule has 4 rings (SSSR count). The van der Waals surface area contributed by atoms with Crippen molar-refractivity contribution in [2.24, 2.45) is 0 Å². The van der Waals surface area contributed by atoms with Crippen molar-refractivity contribution in [3.05, 3.63) is 52.0 Å². The highest BCUT2D eigenvalue weighted by Crippen LogP contribution is 2.50. The van der Waals surface area contributed by atoms with E-state index in [-0.39, 0.29) is 23.3 Å². The lowest BCUT2D eigenvalue weighted by Crippen LogP contribution is -2.62.